The second-order valence-electron chi connectivity index (χ2n) is 5.02. The first-order valence-electron chi connectivity index (χ1n) is 7.01. The first-order chi connectivity index (χ1) is 10.2. The summed E-state index contributed by atoms with van der Waals surface area (Å²) in [6.07, 6.45) is 1.52. The van der Waals surface area contributed by atoms with Crippen LogP contribution in [0.2, 0.25) is 0 Å². The summed E-state index contributed by atoms with van der Waals surface area (Å²) in [6, 6.07) is 13.9. The molecule has 2 aromatic rings. The van der Waals surface area contributed by atoms with Crippen LogP contribution in [0, 0.1) is 5.82 Å². The van der Waals surface area contributed by atoms with Crippen molar-refractivity contribution in [1.82, 2.24) is 0 Å². The van der Waals surface area contributed by atoms with Crippen molar-refractivity contribution in [2.45, 2.75) is 19.4 Å². The van der Waals surface area contributed by atoms with E-state index in [1.807, 2.05) is 24.3 Å². The topological polar surface area (TPSA) is 29.5 Å². The van der Waals surface area contributed by atoms with Crippen molar-refractivity contribution in [1.29, 1.82) is 0 Å². The molecule has 1 aliphatic heterocycles. The maximum Gasteiger partial charge on any atom is 0.227 e. The van der Waals surface area contributed by atoms with Gasteiger partial charge in [-0.3, -0.25) is 4.79 Å². The van der Waals surface area contributed by atoms with Crippen LogP contribution >= 0.6 is 0 Å². The Morgan fingerprint density at radius 2 is 1.86 bits per heavy atom. The summed E-state index contributed by atoms with van der Waals surface area (Å²) in [5.74, 6) is 0.556. The average Bonchev–Trinajstić information content (AvgIpc) is 2.93. The monoisotopic (exact) mass is 285 g/mol. The van der Waals surface area contributed by atoms with Gasteiger partial charge >= 0.3 is 0 Å². The molecule has 1 saturated heterocycles. The number of nitrogens with zero attached hydrogens (tertiary/aromatic N) is 1. The van der Waals surface area contributed by atoms with Gasteiger partial charge in [0.15, 0.2) is 0 Å². The van der Waals surface area contributed by atoms with Gasteiger partial charge in [0.2, 0.25) is 5.91 Å². The van der Waals surface area contributed by atoms with Crippen LogP contribution < -0.4 is 9.64 Å². The van der Waals surface area contributed by atoms with E-state index in [2.05, 4.69) is 0 Å². The fourth-order valence-electron chi connectivity index (χ4n) is 2.42. The first kappa shape index (κ1) is 13.6. The highest BCUT2D eigenvalue weighted by Gasteiger charge is 2.21. The normalized spacial score (nSPS) is 14.5. The lowest BCUT2D eigenvalue weighted by Crippen LogP contribution is -2.23. The van der Waals surface area contributed by atoms with Crippen LogP contribution in [-0.4, -0.2) is 12.5 Å². The lowest BCUT2D eigenvalue weighted by molar-refractivity contribution is -0.117. The molecule has 0 aliphatic carbocycles. The highest BCUT2D eigenvalue weighted by atomic mass is 19.1. The lowest BCUT2D eigenvalue weighted by Gasteiger charge is -2.16. The van der Waals surface area contributed by atoms with E-state index in [9.17, 15) is 9.18 Å². The van der Waals surface area contributed by atoms with Gasteiger partial charge in [0.25, 0.3) is 0 Å². The molecule has 1 heterocycles. The van der Waals surface area contributed by atoms with E-state index >= 15 is 0 Å². The summed E-state index contributed by atoms with van der Waals surface area (Å²) in [5, 5.41) is 0. The molecule has 0 radical (unpaired) electrons. The number of hydrogen-bond donors (Lipinski definition) is 0. The number of benzene rings is 2. The number of halogens is 1. The summed E-state index contributed by atoms with van der Waals surface area (Å²) in [5.41, 5.74) is 1.41. The lowest BCUT2D eigenvalue weighted by atomic mass is 10.2. The molecular weight excluding hydrogens is 269 g/mol. The Bertz CT molecular complexity index is 639. The second kappa shape index (κ2) is 5.95. The molecule has 4 heteroatoms. The Kier molecular flexibility index (Phi) is 3.86. The minimum absolute atomic E-state index is 0.162. The number of anilines is 1. The van der Waals surface area contributed by atoms with Crippen molar-refractivity contribution in [3.8, 4) is 5.75 Å². The Balaban J connectivity index is 1.65. The summed E-state index contributed by atoms with van der Waals surface area (Å²) < 4.78 is 19.1. The molecule has 3 nitrogen and oxygen atoms in total. The van der Waals surface area contributed by atoms with Gasteiger partial charge in [-0.15, -0.1) is 0 Å². The molecule has 0 atom stereocenters. The van der Waals surface area contributed by atoms with Gasteiger partial charge in [-0.25, -0.2) is 4.39 Å². The average molecular weight is 285 g/mol. The summed E-state index contributed by atoms with van der Waals surface area (Å²) in [7, 11) is 0. The molecular formula is C17H16FNO2. The minimum Gasteiger partial charge on any atom is -0.489 e. The van der Waals surface area contributed by atoms with Crippen molar-refractivity contribution in [2.75, 3.05) is 11.4 Å². The van der Waals surface area contributed by atoms with Crippen LogP contribution in [0.1, 0.15) is 18.4 Å². The smallest absolute Gasteiger partial charge is 0.227 e. The predicted molar refractivity (Wildman–Crippen MR) is 78.8 cm³/mol. The first-order valence-corrected chi connectivity index (χ1v) is 7.01. The fraction of sp³-hybridized carbons (Fsp3) is 0.235. The molecule has 0 bridgehead atoms. The van der Waals surface area contributed by atoms with E-state index in [-0.39, 0.29) is 18.3 Å². The molecule has 1 fully saturated rings. The van der Waals surface area contributed by atoms with Crippen LogP contribution in [0.5, 0.6) is 5.75 Å². The Hall–Kier alpha value is -2.36. The molecule has 3 rings (SSSR count). The van der Waals surface area contributed by atoms with Crippen molar-refractivity contribution in [2.24, 2.45) is 0 Å². The third-order valence-electron chi connectivity index (χ3n) is 3.57. The van der Waals surface area contributed by atoms with Crippen molar-refractivity contribution < 1.29 is 13.9 Å². The molecule has 0 unspecified atom stereocenters. The van der Waals surface area contributed by atoms with Crippen LogP contribution in [0.15, 0.2) is 48.5 Å². The molecule has 0 spiro atoms. The molecule has 1 amide bonds. The largest absolute Gasteiger partial charge is 0.489 e. The highest BCUT2D eigenvalue weighted by Crippen LogP contribution is 2.24. The third kappa shape index (κ3) is 3.05. The summed E-state index contributed by atoms with van der Waals surface area (Å²) in [6.45, 7) is 0.961. The van der Waals surface area contributed by atoms with Gasteiger partial charge < -0.3 is 9.64 Å². The van der Waals surface area contributed by atoms with Crippen molar-refractivity contribution >= 4 is 11.6 Å². The quantitative estimate of drug-likeness (QED) is 0.860. The molecule has 2 aromatic carbocycles. The predicted octanol–water partition coefficient (Wildman–Crippen LogP) is 3.53. The van der Waals surface area contributed by atoms with Gasteiger partial charge in [-0.1, -0.05) is 18.2 Å². The van der Waals surface area contributed by atoms with Crippen molar-refractivity contribution in [3.63, 3.8) is 0 Å². The van der Waals surface area contributed by atoms with E-state index < -0.39 is 0 Å². The number of amides is 1. The zero-order valence-corrected chi connectivity index (χ0v) is 11.6. The molecule has 108 valence electrons. The van der Waals surface area contributed by atoms with E-state index in [0.717, 1.165) is 18.7 Å². The van der Waals surface area contributed by atoms with E-state index in [1.165, 1.54) is 6.07 Å². The van der Waals surface area contributed by atoms with Gasteiger partial charge in [0, 0.05) is 24.2 Å². The molecule has 0 saturated carbocycles. The second-order valence-corrected chi connectivity index (χ2v) is 5.02. The van der Waals surface area contributed by atoms with Crippen LogP contribution in [0.25, 0.3) is 0 Å². The van der Waals surface area contributed by atoms with E-state index in [1.54, 1.807) is 23.1 Å². The van der Waals surface area contributed by atoms with Gasteiger partial charge in [-0.05, 0) is 36.8 Å². The van der Waals surface area contributed by atoms with E-state index in [0.29, 0.717) is 17.7 Å². The van der Waals surface area contributed by atoms with Gasteiger partial charge in [0.1, 0.15) is 18.2 Å². The number of rotatable bonds is 4. The number of carbonyl (C=O) groups excluding carboxylic acids is 1. The Morgan fingerprint density at radius 1 is 1.10 bits per heavy atom. The van der Waals surface area contributed by atoms with Crippen molar-refractivity contribution in [3.05, 3.63) is 59.9 Å². The van der Waals surface area contributed by atoms with Crippen LogP contribution in [-0.2, 0) is 11.4 Å². The maximum atomic E-state index is 13.5. The standard InChI is InChI=1S/C17H16FNO2/c18-16-5-2-1-4-13(16)12-21-15-9-7-14(8-10-15)19-11-3-6-17(19)20/h1-2,4-5,7-10H,3,6,11-12H2. The molecule has 21 heavy (non-hydrogen) atoms. The van der Waals surface area contributed by atoms with Crippen LogP contribution in [0.4, 0.5) is 10.1 Å². The number of ether oxygens (including phenoxy) is 1. The Morgan fingerprint density at radius 3 is 2.52 bits per heavy atom. The molecule has 0 aromatic heterocycles. The Labute approximate surface area is 123 Å². The summed E-state index contributed by atoms with van der Waals surface area (Å²) in [4.78, 5) is 13.4. The summed E-state index contributed by atoms with van der Waals surface area (Å²) >= 11 is 0. The fourth-order valence-corrected chi connectivity index (χ4v) is 2.42. The zero-order valence-electron chi connectivity index (χ0n) is 11.6. The number of carbonyl (C=O) groups is 1. The van der Waals surface area contributed by atoms with Crippen LogP contribution in [0.3, 0.4) is 0 Å². The molecule has 0 N–H and O–H groups in total. The third-order valence-corrected chi connectivity index (χ3v) is 3.57. The zero-order chi connectivity index (χ0) is 14.7. The minimum atomic E-state index is -0.267. The van der Waals surface area contributed by atoms with Gasteiger partial charge in [0.05, 0.1) is 0 Å². The number of hydrogen-bond acceptors (Lipinski definition) is 2. The highest BCUT2D eigenvalue weighted by molar-refractivity contribution is 5.95. The maximum absolute atomic E-state index is 13.5. The van der Waals surface area contributed by atoms with Gasteiger partial charge in [-0.2, -0.15) is 0 Å². The molecule has 1 aliphatic rings. The SMILES string of the molecule is O=C1CCCN1c1ccc(OCc2ccccc2F)cc1. The van der Waals surface area contributed by atoms with E-state index in [4.69, 9.17) is 4.74 Å².